The van der Waals surface area contributed by atoms with Crippen LogP contribution in [-0.4, -0.2) is 61.8 Å². The summed E-state index contributed by atoms with van der Waals surface area (Å²) in [5, 5.41) is 7.75. The molecule has 20 heteroatoms. The van der Waals surface area contributed by atoms with Gasteiger partial charge in [-0.15, -0.1) is 12.4 Å². The van der Waals surface area contributed by atoms with Crippen LogP contribution in [0, 0.1) is 29.1 Å². The number of halogens is 6. The number of nitrogens with two attached hydrogens (primary N) is 1. The number of ether oxygens (including phenoxy) is 5. The summed E-state index contributed by atoms with van der Waals surface area (Å²) < 4.78 is 98.4. The van der Waals surface area contributed by atoms with Crippen LogP contribution < -0.4 is 31.2 Å². The predicted molar refractivity (Wildman–Crippen MR) is 263 cm³/mol. The van der Waals surface area contributed by atoms with Crippen LogP contribution in [0.4, 0.5) is 31.5 Å². The SMILES string of the molecule is COC(=O)CC(Cc1cccc(-c2ccc(OCc3ccccc3)c(CC(NC(=O)OCc3ccccc3)C(=O)Oc3c(F)c(F)c(F)c(F)c3F)c2)c1)NC(=O)C(N)CCCNC(=O)OCc1ccccc1.Cl. The summed E-state index contributed by atoms with van der Waals surface area (Å²) in [5.74, 6) is -16.5. The lowest BCUT2D eigenvalue weighted by Crippen LogP contribution is -2.47. The molecule has 0 aromatic heterocycles. The van der Waals surface area contributed by atoms with Crippen LogP contribution in [0.15, 0.2) is 133 Å². The summed E-state index contributed by atoms with van der Waals surface area (Å²) >= 11 is 0. The minimum atomic E-state index is -2.47. The first-order valence-corrected chi connectivity index (χ1v) is 22.9. The Balaban J connectivity index is 0.0000101. The number of carbonyl (C=O) groups excluding carboxylic acids is 5. The van der Waals surface area contributed by atoms with Gasteiger partial charge in [0.2, 0.25) is 40.7 Å². The molecule has 0 saturated carbocycles. The summed E-state index contributed by atoms with van der Waals surface area (Å²) in [4.78, 5) is 65.1. The molecule has 3 amide bonds. The summed E-state index contributed by atoms with van der Waals surface area (Å²) in [7, 11) is 1.21. The first-order valence-electron chi connectivity index (χ1n) is 22.9. The predicted octanol–water partition coefficient (Wildman–Crippen LogP) is 9.12. The van der Waals surface area contributed by atoms with Crippen LogP contribution in [-0.2, 0) is 61.3 Å². The van der Waals surface area contributed by atoms with E-state index in [4.69, 9.17) is 29.4 Å². The number of amides is 3. The molecule has 0 aliphatic carbocycles. The van der Waals surface area contributed by atoms with Crippen molar-refractivity contribution in [3.63, 3.8) is 0 Å². The second-order valence-electron chi connectivity index (χ2n) is 16.5. The number of hydrogen-bond acceptors (Lipinski definition) is 11. The highest BCUT2D eigenvalue weighted by Gasteiger charge is 2.33. The Morgan fingerprint density at radius 3 is 1.73 bits per heavy atom. The van der Waals surface area contributed by atoms with E-state index in [1.54, 1.807) is 103 Å². The lowest BCUT2D eigenvalue weighted by molar-refractivity contribution is -0.141. The fraction of sp³-hybridized carbons (Fsp3) is 0.241. The topological polar surface area (TPSA) is 194 Å². The summed E-state index contributed by atoms with van der Waals surface area (Å²) in [6.07, 6.45) is -1.90. The Morgan fingerprint density at radius 2 is 1.14 bits per heavy atom. The molecule has 390 valence electrons. The normalized spacial score (nSPS) is 11.9. The average Bonchev–Trinajstić information content (AvgIpc) is 3.41. The number of rotatable bonds is 23. The van der Waals surface area contributed by atoms with Crippen LogP contribution in [0.5, 0.6) is 11.5 Å². The second-order valence-corrected chi connectivity index (χ2v) is 16.5. The van der Waals surface area contributed by atoms with Gasteiger partial charge >= 0.3 is 24.1 Å². The molecule has 0 heterocycles. The number of alkyl carbamates (subject to hydrolysis) is 2. The fourth-order valence-corrected chi connectivity index (χ4v) is 7.31. The molecule has 5 N–H and O–H groups in total. The molecule has 74 heavy (non-hydrogen) atoms. The van der Waals surface area contributed by atoms with Crippen LogP contribution in [0.1, 0.15) is 47.1 Å². The average molecular weight is 1050 g/mol. The number of esters is 2. The molecule has 0 bridgehead atoms. The molecule has 0 radical (unpaired) electrons. The minimum absolute atomic E-state index is 0. The Labute approximate surface area is 429 Å². The third kappa shape index (κ3) is 16.8. The molecule has 0 saturated heterocycles. The molecular weight excluding hydrogens is 995 g/mol. The zero-order valence-electron chi connectivity index (χ0n) is 39.8. The van der Waals surface area contributed by atoms with Gasteiger partial charge in [-0.05, 0) is 70.3 Å². The molecule has 14 nitrogen and oxygen atoms in total. The zero-order valence-corrected chi connectivity index (χ0v) is 40.6. The van der Waals surface area contributed by atoms with Crippen molar-refractivity contribution in [2.75, 3.05) is 13.7 Å². The lowest BCUT2D eigenvalue weighted by atomic mass is 9.95. The molecule has 0 fully saturated rings. The molecule has 6 aromatic rings. The van der Waals surface area contributed by atoms with Crippen molar-refractivity contribution in [2.45, 2.75) is 70.1 Å². The first-order chi connectivity index (χ1) is 35.2. The molecular formula is C54H52ClF5N4O10. The van der Waals surface area contributed by atoms with Gasteiger partial charge in [0.25, 0.3) is 0 Å². The molecule has 0 spiro atoms. The highest BCUT2D eigenvalue weighted by molar-refractivity contribution is 5.85. The molecule has 0 aliphatic heterocycles. The summed E-state index contributed by atoms with van der Waals surface area (Å²) in [6, 6.07) is 34.7. The smallest absolute Gasteiger partial charge is 0.408 e. The molecule has 6 rings (SSSR count). The third-order valence-electron chi connectivity index (χ3n) is 11.1. The molecule has 0 aliphatic rings. The van der Waals surface area contributed by atoms with E-state index >= 15 is 0 Å². The second kappa shape index (κ2) is 28.3. The van der Waals surface area contributed by atoms with Crippen molar-refractivity contribution in [3.8, 4) is 22.6 Å². The maximum Gasteiger partial charge on any atom is 0.408 e. The van der Waals surface area contributed by atoms with Crippen LogP contribution in [0.25, 0.3) is 11.1 Å². The van der Waals surface area contributed by atoms with Gasteiger partial charge in [-0.3, -0.25) is 9.59 Å². The zero-order chi connectivity index (χ0) is 52.3. The van der Waals surface area contributed by atoms with E-state index in [-0.39, 0.29) is 69.3 Å². The Hall–Kier alpha value is -8.03. The molecule has 3 atom stereocenters. The Kier molecular flexibility index (Phi) is 21.7. The number of benzene rings is 6. The lowest BCUT2D eigenvalue weighted by Gasteiger charge is -2.21. The van der Waals surface area contributed by atoms with Crippen molar-refractivity contribution < 1.29 is 69.6 Å². The maximum atomic E-state index is 14.8. The van der Waals surface area contributed by atoms with Gasteiger partial charge in [0.05, 0.1) is 19.6 Å². The van der Waals surface area contributed by atoms with E-state index in [0.717, 1.165) is 11.1 Å². The van der Waals surface area contributed by atoms with Crippen molar-refractivity contribution in [3.05, 3.63) is 190 Å². The first kappa shape index (κ1) is 56.9. The van der Waals surface area contributed by atoms with Gasteiger partial charge in [0, 0.05) is 19.0 Å². The number of carbonyl (C=O) groups is 5. The van der Waals surface area contributed by atoms with Gasteiger partial charge < -0.3 is 45.4 Å². The minimum Gasteiger partial charge on any atom is -0.489 e. The van der Waals surface area contributed by atoms with Crippen molar-refractivity contribution >= 4 is 42.4 Å². The van der Waals surface area contributed by atoms with Gasteiger partial charge in [-0.2, -0.15) is 8.78 Å². The Morgan fingerprint density at radius 1 is 0.595 bits per heavy atom. The Bertz CT molecular complexity index is 2830. The molecule has 6 aromatic carbocycles. The number of methoxy groups -OCH3 is 1. The van der Waals surface area contributed by atoms with Crippen molar-refractivity contribution in [1.29, 1.82) is 0 Å². The fourth-order valence-electron chi connectivity index (χ4n) is 7.31. The standard InChI is InChI=1S/C54H51F5N4O10.ClH/c1-69-44(64)29-40(62-51(65)41(60)21-12-24-61-53(67)71-31-34-15-7-3-8-16-34)26-36-19-11-20-37(25-36)38-22-23-43(70-30-33-13-5-2-6-14-33)39(27-38)28-42(63-54(68)72-32-35-17-9-4-10-18-35)52(66)73-50-48(58)46(56)45(55)47(57)49(50)59;/h2-11,13-20,22-23,25,27,40-42H,12,21,24,26,28-32,60H2,1H3,(H,61,67)(H,62,65)(H,63,68);1H. The highest BCUT2D eigenvalue weighted by atomic mass is 35.5. The van der Waals surface area contributed by atoms with Gasteiger partial charge in [-0.25, -0.2) is 27.6 Å². The third-order valence-corrected chi connectivity index (χ3v) is 11.1. The molecule has 3 unspecified atom stereocenters. The van der Waals surface area contributed by atoms with Gasteiger partial charge in [0.15, 0.2) is 0 Å². The van der Waals surface area contributed by atoms with Gasteiger partial charge in [-0.1, -0.05) is 121 Å². The van der Waals surface area contributed by atoms with E-state index in [2.05, 4.69) is 16.0 Å². The summed E-state index contributed by atoms with van der Waals surface area (Å²) in [5.41, 5.74) is 10.3. The van der Waals surface area contributed by atoms with Crippen LogP contribution in [0.2, 0.25) is 0 Å². The van der Waals surface area contributed by atoms with E-state index in [9.17, 15) is 45.9 Å². The number of nitrogens with one attached hydrogen (secondary N) is 3. The van der Waals surface area contributed by atoms with E-state index in [1.807, 2.05) is 30.3 Å². The van der Waals surface area contributed by atoms with Crippen LogP contribution >= 0.6 is 12.4 Å². The highest BCUT2D eigenvalue weighted by Crippen LogP contribution is 2.32. The van der Waals surface area contributed by atoms with E-state index in [1.165, 1.54) is 7.11 Å². The van der Waals surface area contributed by atoms with Gasteiger partial charge in [0.1, 0.15) is 31.6 Å². The van der Waals surface area contributed by atoms with Crippen molar-refractivity contribution in [1.82, 2.24) is 16.0 Å². The maximum absolute atomic E-state index is 14.8. The summed E-state index contributed by atoms with van der Waals surface area (Å²) in [6.45, 7) is 0.0309. The largest absolute Gasteiger partial charge is 0.489 e. The number of hydrogen-bond donors (Lipinski definition) is 4. The van der Waals surface area contributed by atoms with E-state index < -0.39 is 89.4 Å². The monoisotopic (exact) mass is 1050 g/mol. The van der Waals surface area contributed by atoms with Crippen LogP contribution in [0.3, 0.4) is 0 Å². The van der Waals surface area contributed by atoms with Crippen molar-refractivity contribution in [2.24, 2.45) is 5.73 Å². The van der Waals surface area contributed by atoms with E-state index in [0.29, 0.717) is 28.7 Å². The quantitative estimate of drug-likeness (QED) is 0.00910.